The van der Waals surface area contributed by atoms with Gasteiger partial charge in [0.1, 0.15) is 18.2 Å². The van der Waals surface area contributed by atoms with Crippen LogP contribution in [0.5, 0.6) is 5.75 Å². The van der Waals surface area contributed by atoms with Crippen molar-refractivity contribution in [1.82, 2.24) is 0 Å². The molecule has 0 fully saturated rings. The summed E-state index contributed by atoms with van der Waals surface area (Å²) in [6, 6.07) is 11.7. The number of benzene rings is 2. The molecule has 2 rings (SSSR count). The predicted molar refractivity (Wildman–Crippen MR) is 79.8 cm³/mol. The van der Waals surface area contributed by atoms with Gasteiger partial charge in [-0.3, -0.25) is 0 Å². The molecule has 0 aliphatic carbocycles. The summed E-state index contributed by atoms with van der Waals surface area (Å²) in [7, 11) is 0. The monoisotopic (exact) mass is 293 g/mol. The van der Waals surface area contributed by atoms with E-state index >= 15 is 0 Å². The van der Waals surface area contributed by atoms with Gasteiger partial charge < -0.3 is 10.5 Å². The second kappa shape index (κ2) is 6.73. The van der Waals surface area contributed by atoms with Crippen LogP contribution in [0.2, 0.25) is 5.02 Å². The summed E-state index contributed by atoms with van der Waals surface area (Å²) < 4.78 is 18.8. The highest BCUT2D eigenvalue weighted by Gasteiger charge is 2.08. The first-order chi connectivity index (χ1) is 9.54. The normalized spacial score (nSPS) is 12.2. The van der Waals surface area contributed by atoms with Crippen LogP contribution >= 0.6 is 11.6 Å². The SMILES string of the molecule is Cc1ccc(F)cc1CC(N)COc1ccc(Cl)cc1. The van der Waals surface area contributed by atoms with Gasteiger partial charge in [-0.25, -0.2) is 4.39 Å². The van der Waals surface area contributed by atoms with Crippen LogP contribution in [0, 0.1) is 12.7 Å². The Morgan fingerprint density at radius 1 is 1.20 bits per heavy atom. The third kappa shape index (κ3) is 4.22. The number of hydrogen-bond donors (Lipinski definition) is 1. The first-order valence-electron chi connectivity index (χ1n) is 6.43. The zero-order valence-corrected chi connectivity index (χ0v) is 12.0. The van der Waals surface area contributed by atoms with Crippen molar-refractivity contribution in [2.24, 2.45) is 5.73 Å². The van der Waals surface area contributed by atoms with Crippen molar-refractivity contribution in [3.05, 3.63) is 64.4 Å². The molecule has 106 valence electrons. The Morgan fingerprint density at radius 2 is 1.90 bits per heavy atom. The summed E-state index contributed by atoms with van der Waals surface area (Å²) in [5.41, 5.74) is 7.98. The molecule has 0 amide bonds. The fourth-order valence-corrected chi connectivity index (χ4v) is 2.06. The number of nitrogens with two attached hydrogens (primary N) is 1. The Balaban J connectivity index is 1.90. The molecule has 0 saturated heterocycles. The van der Waals surface area contributed by atoms with Crippen molar-refractivity contribution < 1.29 is 9.13 Å². The Hall–Kier alpha value is -1.58. The van der Waals surface area contributed by atoms with Gasteiger partial charge in [0.25, 0.3) is 0 Å². The summed E-state index contributed by atoms with van der Waals surface area (Å²) in [5, 5.41) is 0.664. The molecule has 20 heavy (non-hydrogen) atoms. The number of hydrogen-bond acceptors (Lipinski definition) is 2. The van der Waals surface area contributed by atoms with Gasteiger partial charge in [0.05, 0.1) is 0 Å². The molecule has 1 atom stereocenters. The molecule has 0 aliphatic rings. The molecule has 2 aromatic carbocycles. The van der Waals surface area contributed by atoms with E-state index in [-0.39, 0.29) is 11.9 Å². The zero-order valence-electron chi connectivity index (χ0n) is 11.3. The molecule has 0 radical (unpaired) electrons. The Labute approximate surface area is 123 Å². The molecule has 0 saturated carbocycles. The summed E-state index contributed by atoms with van der Waals surface area (Å²) in [5.74, 6) is 0.484. The molecule has 2 nitrogen and oxygen atoms in total. The summed E-state index contributed by atoms with van der Waals surface area (Å²) in [6.45, 7) is 2.32. The van der Waals surface area contributed by atoms with Crippen LogP contribution < -0.4 is 10.5 Å². The number of ether oxygens (including phenoxy) is 1. The molecule has 2 aromatic rings. The minimum Gasteiger partial charge on any atom is -0.492 e. The van der Waals surface area contributed by atoms with Crippen molar-refractivity contribution in [3.8, 4) is 5.75 Å². The van der Waals surface area contributed by atoms with Gasteiger partial charge in [0, 0.05) is 11.1 Å². The molecule has 0 aliphatic heterocycles. The lowest BCUT2D eigenvalue weighted by Crippen LogP contribution is -2.30. The zero-order chi connectivity index (χ0) is 14.5. The van der Waals surface area contributed by atoms with Crippen LogP contribution in [0.3, 0.4) is 0 Å². The minimum absolute atomic E-state index is 0.189. The lowest BCUT2D eigenvalue weighted by Gasteiger charge is -2.15. The van der Waals surface area contributed by atoms with E-state index in [0.717, 1.165) is 16.9 Å². The standard InChI is InChI=1S/C16H17ClFNO/c1-11-2-5-14(18)8-12(11)9-15(19)10-20-16-6-3-13(17)4-7-16/h2-8,15H,9-10,19H2,1H3. The topological polar surface area (TPSA) is 35.2 Å². The van der Waals surface area contributed by atoms with E-state index in [2.05, 4.69) is 0 Å². The first kappa shape index (κ1) is 14.8. The quantitative estimate of drug-likeness (QED) is 0.911. The van der Waals surface area contributed by atoms with Crippen LogP contribution in [0.15, 0.2) is 42.5 Å². The lowest BCUT2D eigenvalue weighted by molar-refractivity contribution is 0.287. The fraction of sp³-hybridized carbons (Fsp3) is 0.250. The molecule has 0 heterocycles. The van der Waals surface area contributed by atoms with E-state index in [0.29, 0.717) is 18.1 Å². The third-order valence-corrected chi connectivity index (χ3v) is 3.32. The van der Waals surface area contributed by atoms with E-state index < -0.39 is 0 Å². The molecule has 2 N–H and O–H groups in total. The van der Waals surface area contributed by atoms with E-state index in [9.17, 15) is 4.39 Å². The Kier molecular flexibility index (Phi) is 4.99. The van der Waals surface area contributed by atoms with Gasteiger partial charge in [0.2, 0.25) is 0 Å². The second-order valence-electron chi connectivity index (χ2n) is 4.80. The van der Waals surface area contributed by atoms with Gasteiger partial charge >= 0.3 is 0 Å². The third-order valence-electron chi connectivity index (χ3n) is 3.07. The van der Waals surface area contributed by atoms with E-state index in [1.807, 2.05) is 6.92 Å². The highest BCUT2D eigenvalue weighted by Crippen LogP contribution is 2.16. The largest absolute Gasteiger partial charge is 0.492 e. The molecule has 4 heteroatoms. The Bertz CT molecular complexity index is 571. The van der Waals surface area contributed by atoms with Crippen LogP contribution in [0.4, 0.5) is 4.39 Å². The molecule has 0 aromatic heterocycles. The maximum absolute atomic E-state index is 13.2. The van der Waals surface area contributed by atoms with Gasteiger partial charge in [0.15, 0.2) is 0 Å². The number of rotatable bonds is 5. The van der Waals surface area contributed by atoms with Crippen LogP contribution in [0.1, 0.15) is 11.1 Å². The van der Waals surface area contributed by atoms with E-state index in [1.165, 1.54) is 12.1 Å². The molecule has 1 unspecified atom stereocenters. The van der Waals surface area contributed by atoms with Gasteiger partial charge in [-0.05, 0) is 60.9 Å². The maximum atomic E-state index is 13.2. The number of halogens is 2. The van der Waals surface area contributed by atoms with Crippen LogP contribution in [0.25, 0.3) is 0 Å². The lowest BCUT2D eigenvalue weighted by atomic mass is 10.0. The van der Waals surface area contributed by atoms with Crippen molar-refractivity contribution in [2.75, 3.05) is 6.61 Å². The van der Waals surface area contributed by atoms with Crippen molar-refractivity contribution in [1.29, 1.82) is 0 Å². The van der Waals surface area contributed by atoms with Crippen molar-refractivity contribution >= 4 is 11.6 Å². The fourth-order valence-electron chi connectivity index (χ4n) is 1.94. The summed E-state index contributed by atoms with van der Waals surface area (Å²) >= 11 is 5.80. The summed E-state index contributed by atoms with van der Waals surface area (Å²) in [4.78, 5) is 0. The van der Waals surface area contributed by atoms with Gasteiger partial charge in [-0.2, -0.15) is 0 Å². The highest BCUT2D eigenvalue weighted by atomic mass is 35.5. The average Bonchev–Trinajstić information content (AvgIpc) is 2.42. The second-order valence-corrected chi connectivity index (χ2v) is 5.24. The minimum atomic E-state index is -0.239. The highest BCUT2D eigenvalue weighted by molar-refractivity contribution is 6.30. The van der Waals surface area contributed by atoms with E-state index in [4.69, 9.17) is 22.1 Å². The summed E-state index contributed by atoms with van der Waals surface area (Å²) in [6.07, 6.45) is 0.581. The molecule has 0 bridgehead atoms. The molecular weight excluding hydrogens is 277 g/mol. The molecule has 0 spiro atoms. The van der Waals surface area contributed by atoms with Gasteiger partial charge in [-0.1, -0.05) is 17.7 Å². The van der Waals surface area contributed by atoms with Crippen LogP contribution in [-0.4, -0.2) is 12.6 Å². The smallest absolute Gasteiger partial charge is 0.123 e. The molecular formula is C16H17ClFNO. The maximum Gasteiger partial charge on any atom is 0.123 e. The van der Waals surface area contributed by atoms with Crippen molar-refractivity contribution in [2.45, 2.75) is 19.4 Å². The number of aryl methyl sites for hydroxylation is 1. The van der Waals surface area contributed by atoms with Crippen molar-refractivity contribution in [3.63, 3.8) is 0 Å². The van der Waals surface area contributed by atoms with E-state index in [1.54, 1.807) is 30.3 Å². The van der Waals surface area contributed by atoms with Gasteiger partial charge in [-0.15, -0.1) is 0 Å². The average molecular weight is 294 g/mol. The van der Waals surface area contributed by atoms with Crippen LogP contribution in [-0.2, 0) is 6.42 Å². The predicted octanol–water partition coefficient (Wildman–Crippen LogP) is 3.74. The first-order valence-corrected chi connectivity index (χ1v) is 6.81. The Morgan fingerprint density at radius 3 is 2.60 bits per heavy atom.